The van der Waals surface area contributed by atoms with Crippen LogP contribution in [0, 0.1) is 6.92 Å². The van der Waals surface area contributed by atoms with Gasteiger partial charge in [0.15, 0.2) is 0 Å². The molecular weight excluding hydrogens is 216 g/mol. The second-order valence-corrected chi connectivity index (χ2v) is 4.59. The number of hydrogen-bond acceptors (Lipinski definition) is 0. The van der Waals surface area contributed by atoms with Gasteiger partial charge in [-0.3, -0.25) is 0 Å². The maximum absolute atomic E-state index is 2.35. The summed E-state index contributed by atoms with van der Waals surface area (Å²) in [4.78, 5) is 0. The Labute approximate surface area is 112 Å². The number of hydrogen-bond donors (Lipinski definition) is 0. The predicted octanol–water partition coefficient (Wildman–Crippen LogP) is 5.40. The van der Waals surface area contributed by atoms with E-state index in [2.05, 4.69) is 49.4 Å². The van der Waals surface area contributed by atoms with E-state index in [4.69, 9.17) is 0 Å². The lowest BCUT2D eigenvalue weighted by atomic mass is 9.99. The SMILES string of the molecule is CC=CC.Cc1ccc(CC2=CCCC=C2)cc1. The van der Waals surface area contributed by atoms with Crippen LogP contribution in [0.5, 0.6) is 0 Å². The maximum atomic E-state index is 2.35. The molecule has 0 atom stereocenters. The van der Waals surface area contributed by atoms with Crippen molar-refractivity contribution in [3.63, 3.8) is 0 Å². The molecule has 0 unspecified atom stereocenters. The van der Waals surface area contributed by atoms with E-state index in [9.17, 15) is 0 Å². The Kier molecular flexibility index (Phi) is 6.86. The molecule has 1 aliphatic carbocycles. The molecule has 1 aromatic rings. The van der Waals surface area contributed by atoms with E-state index in [1.165, 1.54) is 29.5 Å². The standard InChI is InChI=1S/C14H16.C4H8/c1-12-7-9-14(10-8-12)11-13-5-3-2-4-6-13;1-3-4-2/h3,5-10H,2,4,11H2,1H3;3-4H,1-2H3. The minimum Gasteiger partial charge on any atom is -0.0919 e. The van der Waals surface area contributed by atoms with Crippen LogP contribution in [-0.4, -0.2) is 0 Å². The summed E-state index contributed by atoms with van der Waals surface area (Å²) in [5.41, 5.74) is 4.20. The smallest absolute Gasteiger partial charge is 0.00290 e. The third-order valence-electron chi connectivity index (χ3n) is 2.93. The van der Waals surface area contributed by atoms with Crippen molar-refractivity contribution < 1.29 is 0 Å². The lowest BCUT2D eigenvalue weighted by molar-refractivity contribution is 0.994. The zero-order valence-corrected chi connectivity index (χ0v) is 11.8. The highest BCUT2D eigenvalue weighted by atomic mass is 14.0. The van der Waals surface area contributed by atoms with Crippen LogP contribution in [0.15, 0.2) is 60.2 Å². The molecule has 0 heteroatoms. The van der Waals surface area contributed by atoms with Crippen molar-refractivity contribution >= 4 is 0 Å². The molecule has 2 rings (SSSR count). The molecule has 0 aliphatic heterocycles. The Bertz CT molecular complexity index is 412. The van der Waals surface area contributed by atoms with Crippen molar-refractivity contribution in [3.05, 3.63) is 71.3 Å². The van der Waals surface area contributed by atoms with Gasteiger partial charge in [-0.05, 0) is 51.2 Å². The van der Waals surface area contributed by atoms with Crippen molar-refractivity contribution in [2.24, 2.45) is 0 Å². The monoisotopic (exact) mass is 240 g/mol. The highest BCUT2D eigenvalue weighted by molar-refractivity contribution is 5.31. The van der Waals surface area contributed by atoms with E-state index in [0.717, 1.165) is 6.42 Å². The Morgan fingerprint density at radius 2 is 1.67 bits per heavy atom. The molecule has 18 heavy (non-hydrogen) atoms. The third kappa shape index (κ3) is 5.67. The van der Waals surface area contributed by atoms with Crippen molar-refractivity contribution in [2.45, 2.75) is 40.0 Å². The van der Waals surface area contributed by atoms with Crippen LogP contribution in [0.25, 0.3) is 0 Å². The molecule has 0 spiro atoms. The fourth-order valence-electron chi connectivity index (χ4n) is 1.74. The first-order valence-corrected chi connectivity index (χ1v) is 6.74. The van der Waals surface area contributed by atoms with Gasteiger partial charge in [0, 0.05) is 0 Å². The van der Waals surface area contributed by atoms with Crippen molar-refractivity contribution in [2.75, 3.05) is 0 Å². The second-order valence-electron chi connectivity index (χ2n) is 4.59. The summed E-state index contributed by atoms with van der Waals surface area (Å²) in [7, 11) is 0. The number of rotatable bonds is 2. The molecule has 0 saturated carbocycles. The van der Waals surface area contributed by atoms with E-state index in [1.807, 2.05) is 26.0 Å². The first kappa shape index (κ1) is 14.5. The average molecular weight is 240 g/mol. The molecule has 1 aliphatic rings. The van der Waals surface area contributed by atoms with Crippen LogP contribution in [0.2, 0.25) is 0 Å². The molecule has 0 bridgehead atoms. The van der Waals surface area contributed by atoms with Gasteiger partial charge >= 0.3 is 0 Å². The van der Waals surface area contributed by atoms with E-state index in [-0.39, 0.29) is 0 Å². The maximum Gasteiger partial charge on any atom is -0.00290 e. The quantitative estimate of drug-likeness (QED) is 0.607. The Balaban J connectivity index is 0.000000357. The normalized spacial score (nSPS) is 14.1. The fraction of sp³-hybridized carbons (Fsp3) is 0.333. The summed E-state index contributed by atoms with van der Waals surface area (Å²) in [5.74, 6) is 0. The van der Waals surface area contributed by atoms with Gasteiger partial charge in [0.05, 0.1) is 0 Å². The number of aryl methyl sites for hydroxylation is 1. The van der Waals surface area contributed by atoms with Crippen molar-refractivity contribution in [1.29, 1.82) is 0 Å². The largest absolute Gasteiger partial charge is 0.0919 e. The minimum absolute atomic E-state index is 1.08. The molecule has 1 aromatic carbocycles. The van der Waals surface area contributed by atoms with Gasteiger partial charge < -0.3 is 0 Å². The first-order chi connectivity index (χ1) is 8.76. The average Bonchev–Trinajstić information content (AvgIpc) is 2.43. The third-order valence-corrected chi connectivity index (χ3v) is 2.93. The summed E-state index contributed by atoms with van der Waals surface area (Å²) in [6.07, 6.45) is 14.4. The van der Waals surface area contributed by atoms with Crippen molar-refractivity contribution in [3.8, 4) is 0 Å². The van der Waals surface area contributed by atoms with E-state index in [0.29, 0.717) is 0 Å². The van der Waals surface area contributed by atoms with Crippen LogP contribution in [-0.2, 0) is 6.42 Å². The van der Waals surface area contributed by atoms with Crippen LogP contribution in [0.4, 0.5) is 0 Å². The van der Waals surface area contributed by atoms with Gasteiger partial charge in [0.25, 0.3) is 0 Å². The van der Waals surface area contributed by atoms with Gasteiger partial charge in [-0.1, -0.05) is 60.2 Å². The lowest BCUT2D eigenvalue weighted by Gasteiger charge is -2.07. The molecule has 0 radical (unpaired) electrons. The van der Waals surface area contributed by atoms with Crippen LogP contribution in [0.3, 0.4) is 0 Å². The molecule has 0 amide bonds. The van der Waals surface area contributed by atoms with Crippen molar-refractivity contribution in [1.82, 2.24) is 0 Å². The van der Waals surface area contributed by atoms with Gasteiger partial charge in [-0.25, -0.2) is 0 Å². The highest BCUT2D eigenvalue weighted by Gasteiger charge is 1.98. The molecular formula is C18H24. The van der Waals surface area contributed by atoms with Crippen LogP contribution >= 0.6 is 0 Å². The molecule has 0 N–H and O–H groups in total. The zero-order chi connectivity index (χ0) is 13.2. The summed E-state index contributed by atoms with van der Waals surface area (Å²) >= 11 is 0. The van der Waals surface area contributed by atoms with Gasteiger partial charge in [-0.15, -0.1) is 0 Å². The summed E-state index contributed by atoms with van der Waals surface area (Å²) in [6.45, 7) is 6.13. The van der Waals surface area contributed by atoms with E-state index in [1.54, 1.807) is 0 Å². The molecule has 0 aromatic heterocycles. The first-order valence-electron chi connectivity index (χ1n) is 6.74. The summed E-state index contributed by atoms with van der Waals surface area (Å²) in [5, 5.41) is 0. The fourth-order valence-corrected chi connectivity index (χ4v) is 1.74. The van der Waals surface area contributed by atoms with Crippen LogP contribution in [0.1, 0.15) is 37.8 Å². The second kappa shape index (κ2) is 8.52. The topological polar surface area (TPSA) is 0 Å². The molecule has 0 saturated heterocycles. The zero-order valence-electron chi connectivity index (χ0n) is 11.8. The molecule has 0 nitrogen and oxygen atoms in total. The molecule has 96 valence electrons. The Morgan fingerprint density at radius 1 is 1.00 bits per heavy atom. The van der Waals surface area contributed by atoms with Gasteiger partial charge in [0.2, 0.25) is 0 Å². The molecule has 0 heterocycles. The van der Waals surface area contributed by atoms with Gasteiger partial charge in [-0.2, -0.15) is 0 Å². The van der Waals surface area contributed by atoms with Gasteiger partial charge in [0.1, 0.15) is 0 Å². The number of benzene rings is 1. The predicted molar refractivity (Wildman–Crippen MR) is 81.8 cm³/mol. The summed E-state index contributed by atoms with van der Waals surface area (Å²) < 4.78 is 0. The number of allylic oxidation sites excluding steroid dienone is 6. The summed E-state index contributed by atoms with van der Waals surface area (Å²) in [6, 6.07) is 8.81. The van der Waals surface area contributed by atoms with E-state index < -0.39 is 0 Å². The van der Waals surface area contributed by atoms with Crippen LogP contribution < -0.4 is 0 Å². The lowest BCUT2D eigenvalue weighted by Crippen LogP contribution is -1.91. The van der Waals surface area contributed by atoms with E-state index >= 15 is 0 Å². The highest BCUT2D eigenvalue weighted by Crippen LogP contribution is 2.15. The minimum atomic E-state index is 1.08. The molecule has 0 fully saturated rings. The Hall–Kier alpha value is -1.56. The Morgan fingerprint density at radius 3 is 2.17 bits per heavy atom.